The third-order valence-corrected chi connectivity index (χ3v) is 4.37. The van der Waals surface area contributed by atoms with Crippen molar-refractivity contribution in [3.63, 3.8) is 0 Å². The van der Waals surface area contributed by atoms with Crippen molar-refractivity contribution >= 4 is 31.5 Å². The van der Waals surface area contributed by atoms with Gasteiger partial charge in [0, 0.05) is 42.6 Å². The number of hydrogen-bond acceptors (Lipinski definition) is 4. The Balaban J connectivity index is 2.87. The van der Waals surface area contributed by atoms with Crippen molar-refractivity contribution in [3.05, 3.63) is 28.2 Å². The first-order valence-electron chi connectivity index (χ1n) is 6.59. The molecular formula is C14H23BrN2O2S. The summed E-state index contributed by atoms with van der Waals surface area (Å²) in [5.41, 5.74) is 2.22. The van der Waals surface area contributed by atoms with E-state index in [2.05, 4.69) is 41.2 Å². The molecule has 0 aliphatic heterocycles. The van der Waals surface area contributed by atoms with Gasteiger partial charge in [-0.05, 0) is 17.7 Å². The zero-order valence-electron chi connectivity index (χ0n) is 12.5. The van der Waals surface area contributed by atoms with Crippen LogP contribution in [0.1, 0.15) is 19.4 Å². The van der Waals surface area contributed by atoms with Gasteiger partial charge in [-0.2, -0.15) is 0 Å². The zero-order chi connectivity index (χ0) is 15.3. The smallest absolute Gasteiger partial charge is 0.149 e. The molecule has 0 unspecified atom stereocenters. The fourth-order valence-corrected chi connectivity index (χ4v) is 2.73. The van der Waals surface area contributed by atoms with Crippen molar-refractivity contribution in [2.45, 2.75) is 26.4 Å². The van der Waals surface area contributed by atoms with Gasteiger partial charge in [-0.15, -0.1) is 0 Å². The predicted octanol–water partition coefficient (Wildman–Crippen LogP) is 2.43. The molecule has 4 nitrogen and oxygen atoms in total. The molecule has 1 rings (SSSR count). The summed E-state index contributed by atoms with van der Waals surface area (Å²) >= 11 is 3.47. The largest absolute Gasteiger partial charge is 0.373 e. The van der Waals surface area contributed by atoms with Crippen molar-refractivity contribution in [3.8, 4) is 0 Å². The van der Waals surface area contributed by atoms with Crippen LogP contribution in [0.3, 0.4) is 0 Å². The Kier molecular flexibility index (Phi) is 6.48. The Labute approximate surface area is 130 Å². The zero-order valence-corrected chi connectivity index (χ0v) is 14.9. The Morgan fingerprint density at radius 2 is 2.00 bits per heavy atom. The fraction of sp³-hybridized carbons (Fsp3) is 0.571. The lowest BCUT2D eigenvalue weighted by atomic mass is 10.1. The summed E-state index contributed by atoms with van der Waals surface area (Å²) in [6, 6.07) is 6.50. The minimum absolute atomic E-state index is 0.160. The maximum absolute atomic E-state index is 11.3. The highest BCUT2D eigenvalue weighted by Gasteiger charge is 2.11. The summed E-state index contributed by atoms with van der Waals surface area (Å²) < 4.78 is 23.6. The Bertz CT molecular complexity index is 544. The van der Waals surface area contributed by atoms with Gasteiger partial charge in [-0.25, -0.2) is 8.42 Å². The van der Waals surface area contributed by atoms with Crippen LogP contribution in [0.15, 0.2) is 22.7 Å². The van der Waals surface area contributed by atoms with Crippen LogP contribution in [0.4, 0.5) is 5.69 Å². The van der Waals surface area contributed by atoms with E-state index in [1.165, 1.54) is 6.26 Å². The van der Waals surface area contributed by atoms with Crippen LogP contribution >= 0.6 is 15.9 Å². The number of hydrogen-bond donors (Lipinski definition) is 1. The van der Waals surface area contributed by atoms with E-state index >= 15 is 0 Å². The minimum atomic E-state index is -2.94. The van der Waals surface area contributed by atoms with E-state index in [-0.39, 0.29) is 5.75 Å². The summed E-state index contributed by atoms with van der Waals surface area (Å²) in [4.78, 5) is 1.99. The number of benzene rings is 1. The molecule has 0 radical (unpaired) electrons. The van der Waals surface area contributed by atoms with Gasteiger partial charge in [0.15, 0.2) is 0 Å². The lowest BCUT2D eigenvalue weighted by Gasteiger charge is -2.23. The van der Waals surface area contributed by atoms with E-state index in [4.69, 9.17) is 0 Å². The third-order valence-electron chi connectivity index (χ3n) is 2.96. The van der Waals surface area contributed by atoms with Crippen LogP contribution < -0.4 is 10.2 Å². The van der Waals surface area contributed by atoms with Crippen molar-refractivity contribution in [1.29, 1.82) is 0 Å². The molecule has 0 atom stereocenters. The van der Waals surface area contributed by atoms with Crippen molar-refractivity contribution in [1.82, 2.24) is 5.32 Å². The highest BCUT2D eigenvalue weighted by Crippen LogP contribution is 2.24. The van der Waals surface area contributed by atoms with Crippen molar-refractivity contribution in [2.75, 3.05) is 30.5 Å². The molecule has 0 heterocycles. The SMILES string of the molecule is CC(C)NCc1ccc(Br)cc1N(C)CCS(C)(=O)=O. The van der Waals surface area contributed by atoms with Crippen LogP contribution in [-0.4, -0.2) is 40.1 Å². The van der Waals surface area contributed by atoms with Gasteiger partial charge in [0.25, 0.3) is 0 Å². The molecule has 1 aromatic rings. The molecule has 20 heavy (non-hydrogen) atoms. The van der Waals surface area contributed by atoms with E-state index < -0.39 is 9.84 Å². The van der Waals surface area contributed by atoms with Gasteiger partial charge < -0.3 is 10.2 Å². The van der Waals surface area contributed by atoms with Gasteiger partial charge in [-0.1, -0.05) is 35.8 Å². The van der Waals surface area contributed by atoms with Gasteiger partial charge in [0.1, 0.15) is 9.84 Å². The number of nitrogens with zero attached hydrogens (tertiary/aromatic N) is 1. The van der Waals surface area contributed by atoms with Crippen LogP contribution in [0.2, 0.25) is 0 Å². The van der Waals surface area contributed by atoms with Gasteiger partial charge in [-0.3, -0.25) is 0 Å². The first kappa shape index (κ1) is 17.5. The average Bonchev–Trinajstić information content (AvgIpc) is 2.33. The molecule has 1 aromatic carbocycles. The van der Waals surface area contributed by atoms with Crippen molar-refractivity contribution < 1.29 is 8.42 Å². The first-order valence-corrected chi connectivity index (χ1v) is 9.45. The van der Waals surface area contributed by atoms with Gasteiger partial charge >= 0.3 is 0 Å². The number of nitrogens with one attached hydrogen (secondary N) is 1. The van der Waals surface area contributed by atoms with E-state index in [0.29, 0.717) is 12.6 Å². The highest BCUT2D eigenvalue weighted by molar-refractivity contribution is 9.10. The van der Waals surface area contributed by atoms with Gasteiger partial charge in [0.2, 0.25) is 0 Å². The number of halogens is 1. The molecule has 1 N–H and O–H groups in total. The summed E-state index contributed by atoms with van der Waals surface area (Å²) in [7, 11) is -1.02. The molecule has 0 fully saturated rings. The second-order valence-electron chi connectivity index (χ2n) is 5.36. The monoisotopic (exact) mass is 362 g/mol. The summed E-state index contributed by atoms with van der Waals surface area (Å²) in [5, 5.41) is 3.39. The number of anilines is 1. The van der Waals surface area contributed by atoms with Crippen LogP contribution in [0.5, 0.6) is 0 Å². The van der Waals surface area contributed by atoms with Crippen LogP contribution in [-0.2, 0) is 16.4 Å². The standard InChI is InChI=1S/C14H23BrN2O2S/c1-11(2)16-10-12-5-6-13(15)9-14(12)17(3)7-8-20(4,18)19/h5-6,9,11,16H,7-8,10H2,1-4H3. The van der Waals surface area contributed by atoms with E-state index in [9.17, 15) is 8.42 Å². The van der Waals surface area contributed by atoms with Crippen LogP contribution in [0, 0.1) is 0 Å². The Morgan fingerprint density at radius 3 is 2.55 bits per heavy atom. The Hall–Kier alpha value is -0.590. The fourth-order valence-electron chi connectivity index (χ4n) is 1.78. The van der Waals surface area contributed by atoms with Crippen molar-refractivity contribution in [2.24, 2.45) is 0 Å². The average molecular weight is 363 g/mol. The predicted molar refractivity (Wildman–Crippen MR) is 89.1 cm³/mol. The molecule has 0 aromatic heterocycles. The van der Waals surface area contributed by atoms with E-state index in [1.54, 1.807) is 0 Å². The summed E-state index contributed by atoms with van der Waals surface area (Å²) in [6.07, 6.45) is 1.27. The van der Waals surface area contributed by atoms with E-state index in [1.807, 2.05) is 24.1 Å². The molecule has 0 amide bonds. The normalized spacial score (nSPS) is 11.9. The maximum atomic E-state index is 11.3. The highest BCUT2D eigenvalue weighted by atomic mass is 79.9. The number of sulfone groups is 1. The van der Waals surface area contributed by atoms with Gasteiger partial charge in [0.05, 0.1) is 5.75 Å². The second-order valence-corrected chi connectivity index (χ2v) is 8.54. The minimum Gasteiger partial charge on any atom is -0.373 e. The Morgan fingerprint density at radius 1 is 1.35 bits per heavy atom. The molecule has 0 bridgehead atoms. The first-order chi connectivity index (χ1) is 9.19. The maximum Gasteiger partial charge on any atom is 0.149 e. The lowest BCUT2D eigenvalue weighted by Crippen LogP contribution is -2.28. The molecular weight excluding hydrogens is 340 g/mol. The van der Waals surface area contributed by atoms with E-state index in [0.717, 1.165) is 22.3 Å². The third kappa shape index (κ3) is 6.24. The molecule has 114 valence electrons. The molecule has 0 aliphatic carbocycles. The lowest BCUT2D eigenvalue weighted by molar-refractivity contribution is 0.588. The van der Waals surface area contributed by atoms with Crippen LogP contribution in [0.25, 0.3) is 0 Å². The molecule has 0 spiro atoms. The quantitative estimate of drug-likeness (QED) is 0.809. The second kappa shape index (κ2) is 7.43. The molecule has 0 saturated carbocycles. The molecule has 6 heteroatoms. The molecule has 0 aliphatic rings. The number of rotatable bonds is 7. The summed E-state index contributed by atoms with van der Waals surface area (Å²) in [5.74, 6) is 0.160. The topological polar surface area (TPSA) is 49.4 Å². The molecule has 0 saturated heterocycles. The summed E-state index contributed by atoms with van der Waals surface area (Å²) in [6.45, 7) is 5.46.